The third-order valence-electron chi connectivity index (χ3n) is 2.95. The predicted molar refractivity (Wildman–Crippen MR) is 89.7 cm³/mol. The van der Waals surface area contributed by atoms with Crippen molar-refractivity contribution in [2.45, 2.75) is 32.7 Å². The first-order chi connectivity index (χ1) is 10.9. The molecule has 0 aromatic heterocycles. The fourth-order valence-electron chi connectivity index (χ4n) is 1.72. The van der Waals surface area contributed by atoms with Crippen LogP contribution in [0.4, 0.5) is 0 Å². The lowest BCUT2D eigenvalue weighted by molar-refractivity contribution is -0.148. The minimum absolute atomic E-state index is 0.0904. The van der Waals surface area contributed by atoms with Gasteiger partial charge in [0.05, 0.1) is 6.42 Å². The van der Waals surface area contributed by atoms with Crippen molar-refractivity contribution in [3.05, 3.63) is 34.3 Å². The van der Waals surface area contributed by atoms with Gasteiger partial charge in [-0.1, -0.05) is 35.0 Å². The van der Waals surface area contributed by atoms with Crippen molar-refractivity contribution < 1.29 is 19.1 Å². The second-order valence-electron chi connectivity index (χ2n) is 5.04. The van der Waals surface area contributed by atoms with Gasteiger partial charge in [-0.25, -0.2) is 0 Å². The van der Waals surface area contributed by atoms with Crippen LogP contribution in [0.15, 0.2) is 28.7 Å². The largest absolute Gasteiger partial charge is 0.455 e. The molecular weight excluding hydrogens is 364 g/mol. The number of carbonyl (C=O) groups excluding carboxylic acids is 3. The molecule has 7 heteroatoms. The van der Waals surface area contributed by atoms with E-state index in [-0.39, 0.29) is 12.3 Å². The maximum absolute atomic E-state index is 11.7. The van der Waals surface area contributed by atoms with E-state index in [2.05, 4.69) is 26.6 Å². The first-order valence-electron chi connectivity index (χ1n) is 7.39. The monoisotopic (exact) mass is 384 g/mol. The summed E-state index contributed by atoms with van der Waals surface area (Å²) in [5, 5.41) is 5.16. The molecule has 126 valence electrons. The number of halogens is 1. The van der Waals surface area contributed by atoms with E-state index in [1.807, 2.05) is 19.1 Å². The Hall–Kier alpha value is -1.89. The number of nitrogens with one attached hydrogen (secondary N) is 2. The van der Waals surface area contributed by atoms with Crippen LogP contribution in [0.25, 0.3) is 0 Å². The Morgan fingerprint density at radius 3 is 2.48 bits per heavy atom. The van der Waals surface area contributed by atoms with Gasteiger partial charge < -0.3 is 15.4 Å². The lowest BCUT2D eigenvalue weighted by atomic mass is 10.2. The number of benzene rings is 1. The minimum Gasteiger partial charge on any atom is -0.455 e. The second kappa shape index (κ2) is 9.99. The number of carbonyl (C=O) groups is 3. The lowest BCUT2D eigenvalue weighted by Crippen LogP contribution is -2.46. The molecule has 0 aliphatic rings. The molecule has 0 saturated heterocycles. The molecule has 0 aliphatic carbocycles. The van der Waals surface area contributed by atoms with Crippen molar-refractivity contribution in [1.82, 2.24) is 10.6 Å². The van der Waals surface area contributed by atoms with E-state index in [9.17, 15) is 14.4 Å². The van der Waals surface area contributed by atoms with E-state index in [4.69, 9.17) is 4.74 Å². The SMILES string of the molecule is CCCNC(=O)[C@@H](C)NC(=O)COC(=O)Cc1ccc(Br)cc1. The van der Waals surface area contributed by atoms with E-state index < -0.39 is 24.5 Å². The maximum atomic E-state index is 11.7. The highest BCUT2D eigenvalue weighted by Gasteiger charge is 2.16. The Kier molecular flexibility index (Phi) is 8.32. The normalized spacial score (nSPS) is 11.4. The molecule has 1 aromatic carbocycles. The van der Waals surface area contributed by atoms with E-state index in [0.717, 1.165) is 16.5 Å². The van der Waals surface area contributed by atoms with Crippen LogP contribution < -0.4 is 10.6 Å². The van der Waals surface area contributed by atoms with Gasteiger partial charge in [-0.2, -0.15) is 0 Å². The van der Waals surface area contributed by atoms with Gasteiger partial charge in [0.1, 0.15) is 6.04 Å². The molecule has 0 unspecified atom stereocenters. The van der Waals surface area contributed by atoms with E-state index >= 15 is 0 Å². The molecule has 0 saturated carbocycles. The Bertz CT molecular complexity index is 546. The van der Waals surface area contributed by atoms with Crippen LogP contribution in [0.3, 0.4) is 0 Å². The predicted octanol–water partition coefficient (Wildman–Crippen LogP) is 1.57. The molecule has 1 aromatic rings. The van der Waals surface area contributed by atoms with Crippen LogP contribution in [-0.4, -0.2) is 37.0 Å². The molecule has 0 fully saturated rings. The lowest BCUT2D eigenvalue weighted by Gasteiger charge is -2.13. The first kappa shape index (κ1) is 19.2. The topological polar surface area (TPSA) is 84.5 Å². The van der Waals surface area contributed by atoms with E-state index in [1.54, 1.807) is 19.1 Å². The Balaban J connectivity index is 2.30. The summed E-state index contributed by atoms with van der Waals surface area (Å²) >= 11 is 3.31. The highest BCUT2D eigenvalue weighted by molar-refractivity contribution is 9.10. The third kappa shape index (κ3) is 7.78. The van der Waals surface area contributed by atoms with Crippen molar-refractivity contribution in [2.24, 2.45) is 0 Å². The zero-order chi connectivity index (χ0) is 17.2. The average Bonchev–Trinajstić information content (AvgIpc) is 2.52. The number of esters is 1. The highest BCUT2D eigenvalue weighted by atomic mass is 79.9. The van der Waals surface area contributed by atoms with Crippen molar-refractivity contribution in [1.29, 1.82) is 0 Å². The van der Waals surface area contributed by atoms with Gasteiger partial charge in [-0.3, -0.25) is 14.4 Å². The molecule has 1 atom stereocenters. The van der Waals surface area contributed by atoms with Crippen molar-refractivity contribution >= 4 is 33.7 Å². The zero-order valence-electron chi connectivity index (χ0n) is 13.2. The third-order valence-corrected chi connectivity index (χ3v) is 3.47. The molecule has 2 N–H and O–H groups in total. The highest BCUT2D eigenvalue weighted by Crippen LogP contribution is 2.11. The van der Waals surface area contributed by atoms with Crippen LogP contribution in [0.5, 0.6) is 0 Å². The van der Waals surface area contributed by atoms with Gasteiger partial charge in [0.25, 0.3) is 5.91 Å². The summed E-state index contributed by atoms with van der Waals surface area (Å²) in [5.41, 5.74) is 0.797. The van der Waals surface area contributed by atoms with Gasteiger partial charge in [-0.05, 0) is 31.0 Å². The standard InChI is InChI=1S/C16H21BrN2O4/c1-3-8-18-16(22)11(2)19-14(20)10-23-15(21)9-12-4-6-13(17)7-5-12/h4-7,11H,3,8-10H2,1-2H3,(H,18,22)(H,19,20)/t11-/m1/s1. The molecule has 2 amide bonds. The summed E-state index contributed by atoms with van der Waals surface area (Å²) < 4.78 is 5.83. The number of hydrogen-bond donors (Lipinski definition) is 2. The molecule has 6 nitrogen and oxygen atoms in total. The molecule has 0 aliphatic heterocycles. The van der Waals surface area contributed by atoms with Crippen LogP contribution in [0.1, 0.15) is 25.8 Å². The van der Waals surface area contributed by atoms with Gasteiger partial charge in [-0.15, -0.1) is 0 Å². The number of amides is 2. The molecule has 1 rings (SSSR count). The molecule has 0 spiro atoms. The average molecular weight is 385 g/mol. The van der Waals surface area contributed by atoms with E-state index in [1.165, 1.54) is 0 Å². The van der Waals surface area contributed by atoms with Crippen molar-refractivity contribution in [3.8, 4) is 0 Å². The van der Waals surface area contributed by atoms with Crippen LogP contribution in [0, 0.1) is 0 Å². The minimum atomic E-state index is -0.667. The summed E-state index contributed by atoms with van der Waals surface area (Å²) in [4.78, 5) is 34.9. The molecule has 0 radical (unpaired) electrons. The fourth-order valence-corrected chi connectivity index (χ4v) is 1.98. The molecule has 0 heterocycles. The number of rotatable bonds is 8. The Morgan fingerprint density at radius 1 is 1.22 bits per heavy atom. The number of hydrogen-bond acceptors (Lipinski definition) is 4. The maximum Gasteiger partial charge on any atom is 0.310 e. The van der Waals surface area contributed by atoms with Gasteiger partial charge in [0.15, 0.2) is 6.61 Å². The first-order valence-corrected chi connectivity index (χ1v) is 8.18. The van der Waals surface area contributed by atoms with Crippen LogP contribution >= 0.6 is 15.9 Å². The molecule has 0 bridgehead atoms. The fraction of sp³-hybridized carbons (Fsp3) is 0.438. The summed E-state index contributed by atoms with van der Waals surface area (Å²) in [6.45, 7) is 3.67. The number of ether oxygens (including phenoxy) is 1. The Morgan fingerprint density at radius 2 is 1.87 bits per heavy atom. The van der Waals surface area contributed by atoms with Gasteiger partial charge in [0.2, 0.25) is 5.91 Å². The van der Waals surface area contributed by atoms with Crippen LogP contribution in [-0.2, 0) is 25.5 Å². The Labute approximate surface area is 144 Å². The summed E-state index contributed by atoms with van der Waals surface area (Å²) in [7, 11) is 0. The molecule has 23 heavy (non-hydrogen) atoms. The van der Waals surface area contributed by atoms with Crippen molar-refractivity contribution in [3.63, 3.8) is 0 Å². The van der Waals surface area contributed by atoms with E-state index in [0.29, 0.717) is 6.54 Å². The van der Waals surface area contributed by atoms with Crippen molar-refractivity contribution in [2.75, 3.05) is 13.2 Å². The smallest absolute Gasteiger partial charge is 0.310 e. The molecular formula is C16H21BrN2O4. The second-order valence-corrected chi connectivity index (χ2v) is 5.96. The van der Waals surface area contributed by atoms with Crippen LogP contribution in [0.2, 0.25) is 0 Å². The zero-order valence-corrected chi connectivity index (χ0v) is 14.8. The summed E-state index contributed by atoms with van der Waals surface area (Å²) in [6, 6.07) is 6.58. The van der Waals surface area contributed by atoms with Gasteiger partial charge in [0, 0.05) is 11.0 Å². The quantitative estimate of drug-likeness (QED) is 0.666. The summed E-state index contributed by atoms with van der Waals surface area (Å²) in [6.07, 6.45) is 0.910. The summed E-state index contributed by atoms with van der Waals surface area (Å²) in [5.74, 6) is -1.26. The van der Waals surface area contributed by atoms with Gasteiger partial charge >= 0.3 is 5.97 Å².